The molecular weight excluding hydrogens is 511 g/mol. The van der Waals surface area contributed by atoms with E-state index in [9.17, 15) is 26.4 Å². The lowest BCUT2D eigenvalue weighted by Gasteiger charge is -2.16. The topological polar surface area (TPSA) is 122 Å². The van der Waals surface area contributed by atoms with Gasteiger partial charge in [-0.2, -0.15) is 18.2 Å². The highest BCUT2D eigenvalue weighted by Gasteiger charge is 2.35. The average Bonchev–Trinajstić information content (AvgIpc) is 2.84. The molecule has 0 spiro atoms. The van der Waals surface area contributed by atoms with Gasteiger partial charge >= 0.3 is 6.18 Å². The van der Waals surface area contributed by atoms with Crippen molar-refractivity contribution < 1.29 is 31.1 Å². The molecule has 0 aliphatic carbocycles. The van der Waals surface area contributed by atoms with Gasteiger partial charge in [-0.3, -0.25) is 4.79 Å². The van der Waals surface area contributed by atoms with Gasteiger partial charge in [0, 0.05) is 23.3 Å². The Balaban J connectivity index is 1.82. The summed E-state index contributed by atoms with van der Waals surface area (Å²) in [6.07, 6.45) is -2.04. The third kappa shape index (κ3) is 8.49. The van der Waals surface area contributed by atoms with E-state index in [2.05, 4.69) is 32.5 Å². The summed E-state index contributed by atoms with van der Waals surface area (Å²) in [5.74, 6) is -0.619. The molecule has 0 unspecified atom stereocenters. The van der Waals surface area contributed by atoms with Crippen LogP contribution in [0.3, 0.4) is 0 Å². The van der Waals surface area contributed by atoms with Crippen molar-refractivity contribution in [1.82, 2.24) is 9.97 Å². The number of para-hydroxylation sites is 2. The Morgan fingerprint density at radius 2 is 1.81 bits per heavy atom. The Morgan fingerprint density at radius 3 is 2.54 bits per heavy atom. The molecule has 0 bridgehead atoms. The van der Waals surface area contributed by atoms with E-state index in [0.29, 0.717) is 36.2 Å². The van der Waals surface area contributed by atoms with E-state index < -0.39 is 34.2 Å². The zero-order valence-corrected chi connectivity index (χ0v) is 20.3. The Morgan fingerprint density at radius 1 is 1.05 bits per heavy atom. The van der Waals surface area contributed by atoms with Crippen molar-refractivity contribution in [3.63, 3.8) is 0 Å². The number of nitrogens with zero attached hydrogens (tertiary/aromatic N) is 2. The number of nitrogens with one attached hydrogen (secondary N) is 3. The highest BCUT2D eigenvalue weighted by Crippen LogP contribution is 2.36. The maximum absolute atomic E-state index is 13.7. The van der Waals surface area contributed by atoms with Crippen LogP contribution < -0.4 is 20.7 Å². The second kappa shape index (κ2) is 12.7. The number of carbonyl (C=O) groups excluding carboxylic acids is 1. The third-order valence-electron chi connectivity index (χ3n) is 4.80. The number of hydrogen-bond donors (Lipinski definition) is 4. The van der Waals surface area contributed by atoms with Gasteiger partial charge < -0.3 is 20.7 Å². The molecule has 3 N–H and O–H groups in total. The fraction of sp³-hybridized carbons (Fsp3) is 0.208. The van der Waals surface area contributed by atoms with Gasteiger partial charge in [-0.1, -0.05) is 24.8 Å². The minimum absolute atomic E-state index is 0.0668. The van der Waals surface area contributed by atoms with E-state index in [-0.39, 0.29) is 24.0 Å². The fourth-order valence-electron chi connectivity index (χ4n) is 3.09. The highest BCUT2D eigenvalue weighted by atomic mass is 32.2. The molecule has 0 aliphatic rings. The first-order valence-electron chi connectivity index (χ1n) is 11.0. The summed E-state index contributed by atoms with van der Waals surface area (Å²) in [6, 6.07) is 12.8. The molecule has 1 aromatic heterocycles. The number of thiol groups is 1. The van der Waals surface area contributed by atoms with E-state index in [4.69, 9.17) is 4.74 Å². The quantitative estimate of drug-likeness (QED) is 0.147. The molecule has 0 saturated heterocycles. The fourth-order valence-corrected chi connectivity index (χ4v) is 3.57. The summed E-state index contributed by atoms with van der Waals surface area (Å²) in [4.78, 5) is 19.4. The Bertz CT molecular complexity index is 1320. The van der Waals surface area contributed by atoms with Crippen molar-refractivity contribution >= 4 is 45.4 Å². The lowest BCUT2D eigenvalue weighted by atomic mass is 10.2. The van der Waals surface area contributed by atoms with E-state index in [0.717, 1.165) is 6.08 Å². The molecule has 37 heavy (non-hydrogen) atoms. The van der Waals surface area contributed by atoms with Crippen LogP contribution in [-0.2, 0) is 21.7 Å². The molecule has 0 aliphatic heterocycles. The molecule has 0 atom stereocenters. The molecule has 1 amide bonds. The van der Waals surface area contributed by atoms with Crippen LogP contribution in [0.4, 0.5) is 42.0 Å². The van der Waals surface area contributed by atoms with Gasteiger partial charge in [0.15, 0.2) is 0 Å². The van der Waals surface area contributed by atoms with Gasteiger partial charge in [-0.15, -0.1) is 0 Å². The number of carbonyl (C=O) groups is 1. The zero-order valence-electron chi connectivity index (χ0n) is 19.4. The molecule has 1 heterocycles. The number of ether oxygens (including phenoxy) is 1. The van der Waals surface area contributed by atoms with Crippen LogP contribution in [0, 0.1) is 0 Å². The van der Waals surface area contributed by atoms with E-state index in [1.165, 1.54) is 12.1 Å². The predicted molar refractivity (Wildman–Crippen MR) is 135 cm³/mol. The van der Waals surface area contributed by atoms with E-state index in [1.54, 1.807) is 36.4 Å². The molecule has 0 saturated carbocycles. The van der Waals surface area contributed by atoms with Crippen LogP contribution in [0.25, 0.3) is 0 Å². The molecule has 9 nitrogen and oxygen atoms in total. The van der Waals surface area contributed by atoms with E-state index in [1.807, 2.05) is 0 Å². The number of halogens is 3. The minimum Gasteiger partial charge on any atom is -0.491 e. The number of anilines is 5. The second-order valence-corrected chi connectivity index (χ2v) is 8.70. The maximum Gasteiger partial charge on any atom is 0.421 e. The van der Waals surface area contributed by atoms with Crippen LogP contribution in [0.1, 0.15) is 18.4 Å². The van der Waals surface area contributed by atoms with Gasteiger partial charge in [-0.05, 0) is 49.2 Å². The van der Waals surface area contributed by atoms with Crippen LogP contribution in [0.2, 0.25) is 0 Å². The molecule has 0 radical (unpaired) electrons. The normalized spacial score (nSPS) is 11.1. The first kappa shape index (κ1) is 27.5. The number of amides is 1. The zero-order chi connectivity index (χ0) is 26.8. The summed E-state index contributed by atoms with van der Waals surface area (Å²) in [5.41, 5.74) is -0.0679. The Labute approximate surface area is 212 Å². The van der Waals surface area contributed by atoms with Crippen LogP contribution in [-0.4, -0.2) is 36.7 Å². The predicted octanol–water partition coefficient (Wildman–Crippen LogP) is 4.88. The summed E-state index contributed by atoms with van der Waals surface area (Å²) >= 11 is 0. The van der Waals surface area contributed by atoms with Gasteiger partial charge in [0.2, 0.25) is 11.9 Å². The SMILES string of the molecule is C=CC(=O)Nc1cccc(Nc2nc(Nc3ccccc3OCCCC[SH](=O)=O)ncc2C(F)(F)F)c1. The van der Waals surface area contributed by atoms with Gasteiger partial charge in [0.05, 0.1) is 12.3 Å². The Hall–Kier alpha value is -4.13. The smallest absolute Gasteiger partial charge is 0.421 e. The van der Waals surface area contributed by atoms with Crippen molar-refractivity contribution in [2.24, 2.45) is 0 Å². The molecule has 196 valence electrons. The van der Waals surface area contributed by atoms with Crippen molar-refractivity contribution in [3.8, 4) is 5.75 Å². The molecule has 0 fully saturated rings. The van der Waals surface area contributed by atoms with Gasteiger partial charge in [0.1, 0.15) is 27.8 Å². The highest BCUT2D eigenvalue weighted by molar-refractivity contribution is 7.72. The number of aromatic nitrogens is 2. The maximum atomic E-state index is 13.7. The van der Waals surface area contributed by atoms with Gasteiger partial charge in [-0.25, -0.2) is 13.4 Å². The summed E-state index contributed by atoms with van der Waals surface area (Å²) in [5, 5.41) is 8.04. The molecule has 3 rings (SSSR count). The van der Waals surface area contributed by atoms with Crippen LogP contribution >= 0.6 is 0 Å². The number of unbranched alkanes of at least 4 members (excludes halogenated alkanes) is 1. The van der Waals surface area contributed by atoms with Crippen LogP contribution in [0.15, 0.2) is 67.4 Å². The number of hydrogen-bond acceptors (Lipinski definition) is 8. The monoisotopic (exact) mass is 535 g/mol. The average molecular weight is 536 g/mol. The lowest BCUT2D eigenvalue weighted by Crippen LogP contribution is -2.13. The van der Waals surface area contributed by atoms with Crippen molar-refractivity contribution in [2.45, 2.75) is 19.0 Å². The molecule has 3 aromatic rings. The molecular formula is C24H24F3N5O4S. The molecule has 13 heteroatoms. The summed E-state index contributed by atoms with van der Waals surface area (Å²) in [7, 11) is -2.44. The third-order valence-corrected chi connectivity index (χ3v) is 5.48. The van der Waals surface area contributed by atoms with Crippen molar-refractivity contribution in [2.75, 3.05) is 28.3 Å². The first-order chi connectivity index (χ1) is 17.7. The lowest BCUT2D eigenvalue weighted by molar-refractivity contribution is -0.137. The summed E-state index contributed by atoms with van der Waals surface area (Å²) in [6.45, 7) is 3.61. The van der Waals surface area contributed by atoms with Gasteiger partial charge in [0.25, 0.3) is 0 Å². The van der Waals surface area contributed by atoms with E-state index >= 15 is 0 Å². The minimum atomic E-state index is -4.73. The van der Waals surface area contributed by atoms with Crippen LogP contribution in [0.5, 0.6) is 5.75 Å². The van der Waals surface area contributed by atoms with Crippen molar-refractivity contribution in [1.29, 1.82) is 0 Å². The van der Waals surface area contributed by atoms with Crippen molar-refractivity contribution in [3.05, 3.63) is 72.9 Å². The standard InChI is InChI=1S/C24H24F3N5O4S/c1-2-21(33)29-16-8-7-9-17(14-16)30-22-18(24(25,26)27)15-28-23(32-22)31-19-10-3-4-11-20(19)36-12-5-6-13-37(34)35/h2-4,7-11,14-15,37H,1,5-6,12-13H2,(H,29,33)(H2,28,30,31,32). The number of benzene rings is 2. The number of rotatable bonds is 12. The molecule has 2 aromatic carbocycles. The largest absolute Gasteiger partial charge is 0.491 e. The number of alkyl halides is 3. The second-order valence-electron chi connectivity index (χ2n) is 7.59. The first-order valence-corrected chi connectivity index (χ1v) is 12.4. The Kier molecular flexibility index (Phi) is 9.44. The summed E-state index contributed by atoms with van der Waals surface area (Å²) < 4.78 is 68.0.